The molecule has 144 valence electrons. The largest absolute Gasteiger partial charge is 0.321 e. The van der Waals surface area contributed by atoms with E-state index in [4.69, 9.17) is 11.6 Å². The number of nitrogens with zero attached hydrogens (tertiary/aromatic N) is 1. The summed E-state index contributed by atoms with van der Waals surface area (Å²) in [5, 5.41) is 0.221. The number of likely N-dealkylation sites (tertiary alicyclic amines) is 1. The predicted octanol–water partition coefficient (Wildman–Crippen LogP) is 5.24. The zero-order valence-electron chi connectivity index (χ0n) is 16.5. The third-order valence-electron chi connectivity index (χ3n) is 5.21. The van der Waals surface area contributed by atoms with E-state index in [1.54, 1.807) is 6.07 Å². The predicted molar refractivity (Wildman–Crippen MR) is 115 cm³/mol. The topological polar surface area (TPSA) is 36.1 Å². The van der Waals surface area contributed by atoms with Crippen LogP contribution < -0.4 is 5.56 Å². The number of hydrogen-bond acceptors (Lipinski definition) is 2. The van der Waals surface area contributed by atoms with Crippen LogP contribution in [-0.4, -0.2) is 29.5 Å². The maximum Gasteiger partial charge on any atom is 0.267 e. The highest BCUT2D eigenvalue weighted by molar-refractivity contribution is 6.30. The summed E-state index contributed by atoms with van der Waals surface area (Å²) in [6.07, 6.45) is 5.80. The molecule has 2 heterocycles. The Morgan fingerprint density at radius 1 is 1.11 bits per heavy atom. The van der Waals surface area contributed by atoms with Gasteiger partial charge in [0.2, 0.25) is 0 Å². The number of nitrogens with one attached hydrogen (secondary N) is 1. The molecule has 1 aliphatic rings. The van der Waals surface area contributed by atoms with Crippen molar-refractivity contribution in [2.45, 2.75) is 45.4 Å². The van der Waals surface area contributed by atoms with Gasteiger partial charge in [0.25, 0.3) is 5.56 Å². The minimum atomic E-state index is -0.245. The minimum Gasteiger partial charge on any atom is -0.321 e. The van der Waals surface area contributed by atoms with Crippen molar-refractivity contribution >= 4 is 17.2 Å². The van der Waals surface area contributed by atoms with Crippen molar-refractivity contribution in [1.82, 2.24) is 9.88 Å². The van der Waals surface area contributed by atoms with Crippen LogP contribution in [0.5, 0.6) is 0 Å². The van der Waals surface area contributed by atoms with Gasteiger partial charge in [0.15, 0.2) is 0 Å². The summed E-state index contributed by atoms with van der Waals surface area (Å²) in [5.41, 5.74) is 4.16. The van der Waals surface area contributed by atoms with Crippen LogP contribution in [0.3, 0.4) is 0 Å². The van der Waals surface area contributed by atoms with Crippen molar-refractivity contribution in [1.29, 1.82) is 0 Å². The maximum atomic E-state index is 12.0. The highest BCUT2D eigenvalue weighted by atomic mass is 35.5. The molecular formula is C23H29ClN2O. The quantitative estimate of drug-likeness (QED) is 0.764. The molecule has 3 rings (SSSR count). The molecule has 0 spiro atoms. The Labute approximate surface area is 167 Å². The van der Waals surface area contributed by atoms with E-state index in [1.165, 1.54) is 31.5 Å². The molecule has 0 atom stereocenters. The average molecular weight is 385 g/mol. The zero-order chi connectivity index (χ0) is 19.4. The molecule has 1 saturated heterocycles. The molecule has 0 amide bonds. The van der Waals surface area contributed by atoms with Gasteiger partial charge in [-0.3, -0.25) is 4.79 Å². The highest BCUT2D eigenvalue weighted by Crippen LogP contribution is 2.27. The van der Waals surface area contributed by atoms with Gasteiger partial charge in [-0.15, -0.1) is 0 Å². The van der Waals surface area contributed by atoms with Gasteiger partial charge in [0.1, 0.15) is 5.02 Å². The third kappa shape index (κ3) is 5.12. The fourth-order valence-electron chi connectivity index (χ4n) is 3.54. The molecule has 27 heavy (non-hydrogen) atoms. The van der Waals surface area contributed by atoms with Crippen molar-refractivity contribution in [3.63, 3.8) is 0 Å². The molecule has 1 N–H and O–H groups in total. The van der Waals surface area contributed by atoms with E-state index < -0.39 is 0 Å². The zero-order valence-corrected chi connectivity index (χ0v) is 17.3. The SMILES string of the molecule is CC(C)(C)c1ccc(/C(=C\CCN2CCCC2)c2ccc(Cl)c(=O)[nH]2)cc1. The molecule has 0 radical (unpaired) electrons. The molecule has 0 bridgehead atoms. The molecule has 4 heteroatoms. The standard InChI is InChI=1S/C23H29ClN2O/c1-23(2,3)18-10-8-17(9-11-18)19(7-6-16-26-14-4-5-15-26)21-13-12-20(24)22(27)25-21/h7-13H,4-6,14-16H2,1-3H3,(H,25,27)/b19-7+. The summed E-state index contributed by atoms with van der Waals surface area (Å²) in [4.78, 5) is 17.5. The van der Waals surface area contributed by atoms with Gasteiger partial charge in [0, 0.05) is 17.8 Å². The fraction of sp³-hybridized carbons (Fsp3) is 0.435. The Kier molecular flexibility index (Phi) is 6.23. The van der Waals surface area contributed by atoms with E-state index in [0.717, 1.165) is 29.8 Å². The lowest BCUT2D eigenvalue weighted by atomic mass is 9.86. The molecule has 1 fully saturated rings. The van der Waals surface area contributed by atoms with E-state index in [2.05, 4.69) is 61.0 Å². The lowest BCUT2D eigenvalue weighted by molar-refractivity contribution is 0.346. The highest BCUT2D eigenvalue weighted by Gasteiger charge is 2.15. The summed E-state index contributed by atoms with van der Waals surface area (Å²) in [6, 6.07) is 12.2. The first-order chi connectivity index (χ1) is 12.8. The average Bonchev–Trinajstić information content (AvgIpc) is 3.14. The summed E-state index contributed by atoms with van der Waals surface area (Å²) >= 11 is 5.92. The van der Waals surface area contributed by atoms with Crippen LogP contribution in [0.4, 0.5) is 0 Å². The summed E-state index contributed by atoms with van der Waals surface area (Å²) in [7, 11) is 0. The molecule has 0 saturated carbocycles. The van der Waals surface area contributed by atoms with E-state index in [0.29, 0.717) is 0 Å². The Balaban J connectivity index is 1.90. The second kappa shape index (κ2) is 8.45. The molecule has 1 aromatic carbocycles. The smallest absolute Gasteiger partial charge is 0.267 e. The number of hydrogen-bond donors (Lipinski definition) is 1. The van der Waals surface area contributed by atoms with Gasteiger partial charge in [-0.25, -0.2) is 0 Å². The number of H-pyrrole nitrogens is 1. The van der Waals surface area contributed by atoms with E-state index in [1.807, 2.05) is 6.07 Å². The van der Waals surface area contributed by atoms with E-state index in [-0.39, 0.29) is 16.0 Å². The third-order valence-corrected chi connectivity index (χ3v) is 5.50. The molecular weight excluding hydrogens is 356 g/mol. The van der Waals surface area contributed by atoms with Crippen LogP contribution in [0.25, 0.3) is 5.57 Å². The summed E-state index contributed by atoms with van der Waals surface area (Å²) < 4.78 is 0. The molecule has 1 aromatic heterocycles. The van der Waals surface area contributed by atoms with E-state index >= 15 is 0 Å². The van der Waals surface area contributed by atoms with Crippen LogP contribution in [0.15, 0.2) is 47.3 Å². The molecule has 1 aliphatic heterocycles. The number of pyridine rings is 1. The van der Waals surface area contributed by atoms with Crippen LogP contribution in [0.2, 0.25) is 5.02 Å². The Hall–Kier alpha value is -1.84. The fourth-order valence-corrected chi connectivity index (χ4v) is 3.65. The summed E-state index contributed by atoms with van der Waals surface area (Å²) in [6.45, 7) is 10.1. The van der Waals surface area contributed by atoms with Gasteiger partial charge in [-0.05, 0) is 61.0 Å². The summed E-state index contributed by atoms with van der Waals surface area (Å²) in [5.74, 6) is 0. The molecule has 0 unspecified atom stereocenters. The maximum absolute atomic E-state index is 12.0. The molecule has 0 aliphatic carbocycles. The number of halogens is 1. The van der Waals surface area contributed by atoms with Gasteiger partial charge >= 0.3 is 0 Å². The first-order valence-corrected chi connectivity index (χ1v) is 10.1. The Morgan fingerprint density at radius 3 is 2.37 bits per heavy atom. The number of rotatable bonds is 5. The second-order valence-electron chi connectivity index (χ2n) is 8.33. The van der Waals surface area contributed by atoms with Crippen molar-refractivity contribution in [3.8, 4) is 0 Å². The van der Waals surface area contributed by atoms with Crippen LogP contribution >= 0.6 is 11.6 Å². The van der Waals surface area contributed by atoms with Gasteiger partial charge < -0.3 is 9.88 Å². The molecule has 2 aromatic rings. The van der Waals surface area contributed by atoms with Crippen molar-refractivity contribution in [3.05, 3.63) is 74.7 Å². The number of benzene rings is 1. The first kappa shape index (κ1) is 19.9. The number of aromatic amines is 1. The molecule has 3 nitrogen and oxygen atoms in total. The number of aromatic nitrogens is 1. The van der Waals surface area contributed by atoms with Crippen molar-refractivity contribution in [2.24, 2.45) is 0 Å². The normalized spacial score (nSPS) is 16.1. The monoisotopic (exact) mass is 384 g/mol. The van der Waals surface area contributed by atoms with Crippen molar-refractivity contribution < 1.29 is 0 Å². The van der Waals surface area contributed by atoms with Gasteiger partial charge in [-0.2, -0.15) is 0 Å². The first-order valence-electron chi connectivity index (χ1n) is 9.77. The Morgan fingerprint density at radius 2 is 1.78 bits per heavy atom. The van der Waals surface area contributed by atoms with Crippen LogP contribution in [-0.2, 0) is 5.41 Å². The van der Waals surface area contributed by atoms with Crippen LogP contribution in [0.1, 0.15) is 56.9 Å². The van der Waals surface area contributed by atoms with Gasteiger partial charge in [0.05, 0.1) is 0 Å². The van der Waals surface area contributed by atoms with Crippen molar-refractivity contribution in [2.75, 3.05) is 19.6 Å². The lowest BCUT2D eigenvalue weighted by Crippen LogP contribution is -2.19. The second-order valence-corrected chi connectivity index (χ2v) is 8.74. The lowest BCUT2D eigenvalue weighted by Gasteiger charge is -2.20. The van der Waals surface area contributed by atoms with Gasteiger partial charge in [-0.1, -0.05) is 62.7 Å². The van der Waals surface area contributed by atoms with Crippen LogP contribution in [0, 0.1) is 0 Å². The minimum absolute atomic E-state index is 0.118. The Bertz CT molecular complexity index is 853. The van der Waals surface area contributed by atoms with E-state index in [9.17, 15) is 4.79 Å².